The maximum absolute atomic E-state index is 12.1. The topological polar surface area (TPSA) is 29.1 Å². The Hall–Kier alpha value is -0.780. The number of amides is 1. The van der Waals surface area contributed by atoms with E-state index in [0.29, 0.717) is 6.42 Å². The van der Waals surface area contributed by atoms with Crippen molar-refractivity contribution in [2.24, 2.45) is 5.41 Å². The van der Waals surface area contributed by atoms with Crippen molar-refractivity contribution in [2.75, 3.05) is 0 Å². The number of allylic oxidation sites excluding steroid dienone is 3. The number of alkyl halides is 3. The second-order valence-electron chi connectivity index (χ2n) is 4.33. The minimum absolute atomic E-state index is 0.502. The van der Waals surface area contributed by atoms with Gasteiger partial charge < -0.3 is 5.32 Å². The molecule has 1 unspecified atom stereocenters. The van der Waals surface area contributed by atoms with Crippen LogP contribution >= 0.6 is 15.9 Å². The third-order valence-electron chi connectivity index (χ3n) is 2.95. The normalized spacial score (nSPS) is 26.4. The molecule has 1 rings (SSSR count). The van der Waals surface area contributed by atoms with E-state index < -0.39 is 23.5 Å². The molecule has 0 aromatic carbocycles. The van der Waals surface area contributed by atoms with Gasteiger partial charge in [0.15, 0.2) is 0 Å². The first-order chi connectivity index (χ1) is 7.65. The highest BCUT2D eigenvalue weighted by atomic mass is 79.9. The average molecular weight is 312 g/mol. The van der Waals surface area contributed by atoms with Crippen LogP contribution in [0, 0.1) is 5.41 Å². The van der Waals surface area contributed by atoms with Crippen molar-refractivity contribution in [1.82, 2.24) is 5.32 Å². The number of nitrogens with one attached hydrogen (secondary N) is 1. The van der Waals surface area contributed by atoms with Crippen LogP contribution in [0.2, 0.25) is 0 Å². The molecule has 1 aliphatic carbocycles. The Morgan fingerprint density at radius 3 is 2.59 bits per heavy atom. The van der Waals surface area contributed by atoms with E-state index in [9.17, 15) is 18.0 Å². The number of hydrogen-bond acceptors (Lipinski definition) is 1. The molecule has 1 amide bonds. The highest BCUT2D eigenvalue weighted by Crippen LogP contribution is 2.34. The summed E-state index contributed by atoms with van der Waals surface area (Å²) in [5.41, 5.74) is -0.502. The molecule has 0 heterocycles. The third-order valence-corrected chi connectivity index (χ3v) is 3.54. The van der Waals surface area contributed by atoms with Crippen LogP contribution in [0.5, 0.6) is 0 Å². The summed E-state index contributed by atoms with van der Waals surface area (Å²) in [6.45, 7) is 3.38. The lowest BCUT2D eigenvalue weighted by atomic mass is 9.77. The zero-order valence-electron chi connectivity index (χ0n) is 9.44. The van der Waals surface area contributed by atoms with Crippen LogP contribution in [-0.4, -0.2) is 18.1 Å². The van der Waals surface area contributed by atoms with Crippen molar-refractivity contribution in [3.8, 4) is 0 Å². The van der Waals surface area contributed by atoms with Crippen LogP contribution in [-0.2, 0) is 4.79 Å². The molecule has 6 heteroatoms. The van der Waals surface area contributed by atoms with Gasteiger partial charge in [-0.3, -0.25) is 4.79 Å². The Morgan fingerprint density at radius 1 is 1.59 bits per heavy atom. The van der Waals surface area contributed by atoms with Crippen LogP contribution in [0.1, 0.15) is 20.3 Å². The molecule has 0 aromatic heterocycles. The average Bonchev–Trinajstić information content (AvgIpc) is 2.21. The Balaban J connectivity index is 2.69. The molecule has 0 spiro atoms. The fraction of sp³-hybridized carbons (Fsp3) is 0.545. The minimum Gasteiger partial charge on any atom is -0.345 e. The van der Waals surface area contributed by atoms with Crippen molar-refractivity contribution in [2.45, 2.75) is 32.5 Å². The smallest absolute Gasteiger partial charge is 0.345 e. The van der Waals surface area contributed by atoms with Gasteiger partial charge in [0.05, 0.1) is 0 Å². The maximum Gasteiger partial charge on any atom is 0.471 e. The summed E-state index contributed by atoms with van der Waals surface area (Å²) in [7, 11) is 0. The summed E-state index contributed by atoms with van der Waals surface area (Å²) < 4.78 is 37.2. The van der Waals surface area contributed by atoms with E-state index in [0.717, 1.165) is 4.48 Å². The first-order valence-electron chi connectivity index (χ1n) is 5.08. The molecule has 17 heavy (non-hydrogen) atoms. The van der Waals surface area contributed by atoms with E-state index in [1.54, 1.807) is 26.0 Å². The summed E-state index contributed by atoms with van der Waals surface area (Å²) in [6.07, 6.45) is 1.19. The predicted molar refractivity (Wildman–Crippen MR) is 62.5 cm³/mol. The van der Waals surface area contributed by atoms with Crippen molar-refractivity contribution >= 4 is 21.8 Å². The highest BCUT2D eigenvalue weighted by Gasteiger charge is 2.41. The molecule has 0 fully saturated rings. The molecule has 1 N–H and O–H groups in total. The van der Waals surface area contributed by atoms with Gasteiger partial charge in [-0.25, -0.2) is 0 Å². The van der Waals surface area contributed by atoms with Crippen LogP contribution in [0.3, 0.4) is 0 Å². The van der Waals surface area contributed by atoms with Gasteiger partial charge in [-0.2, -0.15) is 13.2 Å². The van der Waals surface area contributed by atoms with E-state index in [1.165, 1.54) is 0 Å². The Bertz CT molecular complexity index is 375. The first-order valence-corrected chi connectivity index (χ1v) is 5.87. The Kier molecular flexibility index (Phi) is 4.06. The third kappa shape index (κ3) is 3.59. The highest BCUT2D eigenvalue weighted by molar-refractivity contribution is 9.11. The lowest BCUT2D eigenvalue weighted by Gasteiger charge is -2.34. The molecule has 2 nitrogen and oxygen atoms in total. The second kappa shape index (κ2) is 4.84. The van der Waals surface area contributed by atoms with Crippen LogP contribution < -0.4 is 5.32 Å². The van der Waals surface area contributed by atoms with Gasteiger partial charge in [0.2, 0.25) is 0 Å². The maximum atomic E-state index is 12.1. The molecule has 0 aliphatic heterocycles. The molecule has 0 aromatic rings. The fourth-order valence-electron chi connectivity index (χ4n) is 1.49. The monoisotopic (exact) mass is 311 g/mol. The number of carbonyl (C=O) groups excluding carboxylic acids is 1. The molecule has 0 bridgehead atoms. The number of rotatable bonds is 2. The summed E-state index contributed by atoms with van der Waals surface area (Å²) in [5.74, 6) is -1.90. The van der Waals surface area contributed by atoms with Crippen molar-refractivity contribution < 1.29 is 18.0 Å². The van der Waals surface area contributed by atoms with Gasteiger partial charge in [-0.15, -0.1) is 0 Å². The molecule has 0 radical (unpaired) electrons. The second-order valence-corrected chi connectivity index (χ2v) is 5.24. The minimum atomic E-state index is -4.83. The zero-order valence-corrected chi connectivity index (χ0v) is 11.0. The van der Waals surface area contributed by atoms with Crippen LogP contribution in [0.15, 0.2) is 22.7 Å². The first kappa shape index (κ1) is 14.3. The summed E-state index contributed by atoms with van der Waals surface area (Å²) in [5, 5.41) is 1.99. The molecule has 1 aliphatic rings. The zero-order chi connectivity index (χ0) is 13.3. The predicted octanol–water partition coefficient (Wildman–Crippen LogP) is 3.30. The molecule has 2 atom stereocenters. The number of carbonyl (C=O) groups is 1. The molecule has 96 valence electrons. The Morgan fingerprint density at radius 2 is 2.18 bits per heavy atom. The number of hydrogen-bond donors (Lipinski definition) is 1. The van der Waals surface area contributed by atoms with Crippen LogP contribution in [0.25, 0.3) is 0 Å². The van der Waals surface area contributed by atoms with Crippen molar-refractivity contribution in [3.05, 3.63) is 22.7 Å². The van der Waals surface area contributed by atoms with E-state index in [2.05, 4.69) is 15.9 Å². The number of halogens is 4. The quantitative estimate of drug-likeness (QED) is 0.833. The van der Waals surface area contributed by atoms with E-state index in [-0.39, 0.29) is 0 Å². The van der Waals surface area contributed by atoms with E-state index in [4.69, 9.17) is 0 Å². The lowest BCUT2D eigenvalue weighted by molar-refractivity contribution is -0.174. The van der Waals surface area contributed by atoms with E-state index >= 15 is 0 Å². The molecular formula is C11H13BrF3NO. The SMILES string of the molecule is C[C@@H](NC(=O)C(F)(F)F)C1(C)C=CC(Br)=CC1. The van der Waals surface area contributed by atoms with E-state index in [1.807, 2.05) is 11.4 Å². The van der Waals surface area contributed by atoms with Gasteiger partial charge in [-0.1, -0.05) is 41.1 Å². The Labute approximate surface area is 106 Å². The fourth-order valence-corrected chi connectivity index (χ4v) is 1.78. The van der Waals surface area contributed by atoms with Gasteiger partial charge in [0, 0.05) is 15.9 Å². The van der Waals surface area contributed by atoms with Gasteiger partial charge in [0.1, 0.15) is 0 Å². The van der Waals surface area contributed by atoms with Crippen LogP contribution in [0.4, 0.5) is 13.2 Å². The summed E-state index contributed by atoms with van der Waals surface area (Å²) >= 11 is 3.28. The molecule has 0 saturated heterocycles. The van der Waals surface area contributed by atoms with Crippen molar-refractivity contribution in [1.29, 1.82) is 0 Å². The largest absolute Gasteiger partial charge is 0.471 e. The molecule has 0 saturated carbocycles. The summed E-state index contributed by atoms with van der Waals surface area (Å²) in [6, 6.07) is -0.593. The van der Waals surface area contributed by atoms with Gasteiger partial charge in [0.25, 0.3) is 0 Å². The standard InChI is InChI=1S/C11H13BrF3NO/c1-7(16-9(17)11(13,14)15)10(2)5-3-8(12)4-6-10/h3-5,7H,6H2,1-2H3,(H,16,17)/t7-,10?/m1/s1. The summed E-state index contributed by atoms with van der Waals surface area (Å²) in [4.78, 5) is 10.8. The lowest BCUT2D eigenvalue weighted by Crippen LogP contribution is -2.48. The van der Waals surface area contributed by atoms with Crippen molar-refractivity contribution in [3.63, 3.8) is 0 Å². The van der Waals surface area contributed by atoms with Gasteiger partial charge in [-0.05, 0) is 13.3 Å². The van der Waals surface area contributed by atoms with Gasteiger partial charge >= 0.3 is 12.1 Å². The molecular weight excluding hydrogens is 299 g/mol.